The minimum Gasteiger partial charge on any atom is -0.503 e. The van der Waals surface area contributed by atoms with E-state index in [4.69, 9.17) is 16.3 Å². The maximum Gasteiger partial charge on any atom is 0.260 e. The van der Waals surface area contributed by atoms with Crippen molar-refractivity contribution in [3.63, 3.8) is 0 Å². The number of ether oxygens (including phenoxy) is 1. The van der Waals surface area contributed by atoms with E-state index in [0.717, 1.165) is 10.6 Å². The maximum atomic E-state index is 15.3. The number of nitrogens with zero attached hydrogens (tertiary/aromatic N) is 2. The Balaban J connectivity index is 1.50. The molecule has 13 heteroatoms. The molecule has 0 bridgehead atoms. The van der Waals surface area contributed by atoms with Gasteiger partial charge in [-0.15, -0.1) is 0 Å². The molecule has 2 heterocycles. The van der Waals surface area contributed by atoms with Gasteiger partial charge in [-0.05, 0) is 111 Å². The number of imide groups is 2. The molecule has 2 aliphatic heterocycles. The minimum atomic E-state index is -1.58. The Morgan fingerprint density at radius 2 is 1.69 bits per heavy atom. The van der Waals surface area contributed by atoms with Crippen molar-refractivity contribution in [2.24, 2.45) is 23.7 Å². The molecule has 3 fully saturated rings. The molecule has 49 heavy (non-hydrogen) atoms. The Morgan fingerprint density at radius 3 is 2.35 bits per heavy atom. The van der Waals surface area contributed by atoms with E-state index in [-0.39, 0.29) is 40.6 Å². The van der Waals surface area contributed by atoms with Crippen molar-refractivity contribution in [1.82, 2.24) is 9.91 Å². The van der Waals surface area contributed by atoms with E-state index in [0.29, 0.717) is 39.3 Å². The van der Waals surface area contributed by atoms with Crippen molar-refractivity contribution in [2.45, 2.75) is 37.5 Å². The Labute approximate surface area is 303 Å². The number of amides is 4. The zero-order valence-electron chi connectivity index (χ0n) is 26.4. The molecular weight excluding hydrogens is 785 g/mol. The Bertz CT molecular complexity index is 1940. The number of anilines is 1. The molecule has 2 saturated heterocycles. The molecule has 3 aromatic rings. The number of phenolic OH excluding ortho intramolecular Hbond substituents is 1. The summed E-state index contributed by atoms with van der Waals surface area (Å²) < 4.78 is 20.1. The van der Waals surface area contributed by atoms with Gasteiger partial charge in [0.25, 0.3) is 11.8 Å². The van der Waals surface area contributed by atoms with Crippen LogP contribution in [0, 0.1) is 29.5 Å². The molecule has 0 unspecified atom stereocenters. The van der Waals surface area contributed by atoms with Crippen LogP contribution < -0.4 is 10.2 Å². The first-order valence-electron chi connectivity index (χ1n) is 15.9. The van der Waals surface area contributed by atoms with Crippen molar-refractivity contribution < 1.29 is 33.4 Å². The molecule has 6 atom stereocenters. The van der Waals surface area contributed by atoms with E-state index in [1.807, 2.05) is 13.0 Å². The second-order valence-electron chi connectivity index (χ2n) is 12.8. The lowest BCUT2D eigenvalue weighted by atomic mass is 9.49. The van der Waals surface area contributed by atoms with Gasteiger partial charge in [0.2, 0.25) is 11.8 Å². The predicted molar refractivity (Wildman–Crippen MR) is 186 cm³/mol. The van der Waals surface area contributed by atoms with Crippen LogP contribution in [-0.2, 0) is 24.6 Å². The van der Waals surface area contributed by atoms with Crippen LogP contribution >= 0.6 is 43.5 Å². The number of hydrogen-bond donors (Lipinski definition) is 2. The molecule has 0 spiro atoms. The SMILES string of the molecule is CCCN1C(=O)[C@H]2[C@H](CC=C3[C@H]2C[C@H]2C(=O)N(Nc4ccc(F)cc4)C(=O)[C@@]2(c2ccc(Cl)cc2)[C@H]3c2cc(OC)c(O)c(Br)c2Br)C1=O. The highest BCUT2D eigenvalue weighted by Crippen LogP contribution is 2.65. The van der Waals surface area contributed by atoms with Crippen LogP contribution in [0.4, 0.5) is 10.1 Å². The molecule has 2 N–H and O–H groups in total. The number of aromatic hydroxyl groups is 1. The topological polar surface area (TPSA) is 116 Å². The summed E-state index contributed by atoms with van der Waals surface area (Å²) in [6, 6.07) is 13.7. The Morgan fingerprint density at radius 1 is 1.00 bits per heavy atom. The van der Waals surface area contributed by atoms with Crippen molar-refractivity contribution in [1.29, 1.82) is 0 Å². The average molecular weight is 816 g/mol. The third-order valence-corrected chi connectivity index (χ3v) is 12.9. The lowest BCUT2D eigenvalue weighted by Crippen LogP contribution is -2.53. The number of carbonyl (C=O) groups is 4. The summed E-state index contributed by atoms with van der Waals surface area (Å²) >= 11 is 13.5. The quantitative estimate of drug-likeness (QED) is 0.193. The van der Waals surface area contributed by atoms with Crippen LogP contribution in [0.5, 0.6) is 11.5 Å². The lowest BCUT2D eigenvalue weighted by molar-refractivity contribution is -0.141. The highest BCUT2D eigenvalue weighted by atomic mass is 79.9. The standard InChI is InChI=1S/C36H31Br2ClFN3O6/c1-3-14-42-32(45)22-13-12-21-23(27(22)34(42)47)15-25-33(46)43(41-20-10-8-19(40)9-11-20)35(48)36(25,17-4-6-18(39)7-5-17)28(21)24-16-26(49-2)31(44)30(38)29(24)37/h4-12,16,22-23,25,27-28,41,44H,3,13-15H2,1-2H3/t22-,23+,25-,27-,28+,36+/m0/s1. The summed E-state index contributed by atoms with van der Waals surface area (Å²) in [5, 5.41) is 12.4. The number of likely N-dealkylation sites (tertiary alicyclic amines) is 1. The molecule has 1 saturated carbocycles. The van der Waals surface area contributed by atoms with Crippen LogP contribution in [0.15, 0.2) is 75.2 Å². The van der Waals surface area contributed by atoms with E-state index < -0.39 is 52.6 Å². The van der Waals surface area contributed by atoms with Gasteiger partial charge in [-0.3, -0.25) is 29.5 Å². The van der Waals surface area contributed by atoms with E-state index in [1.54, 1.807) is 30.3 Å². The molecule has 2 aliphatic carbocycles. The van der Waals surface area contributed by atoms with Crippen LogP contribution in [0.25, 0.3) is 0 Å². The van der Waals surface area contributed by atoms with Crippen molar-refractivity contribution in [3.8, 4) is 11.5 Å². The summed E-state index contributed by atoms with van der Waals surface area (Å²) in [5.74, 6) is -5.83. The molecule has 7 rings (SSSR count). The Kier molecular flexibility index (Phi) is 8.64. The van der Waals surface area contributed by atoms with Crippen LogP contribution in [0.2, 0.25) is 5.02 Å². The van der Waals surface area contributed by atoms with Gasteiger partial charge in [0.1, 0.15) is 5.82 Å². The summed E-state index contributed by atoms with van der Waals surface area (Å²) in [7, 11) is 1.41. The van der Waals surface area contributed by atoms with Gasteiger partial charge in [0, 0.05) is 22.0 Å². The molecule has 9 nitrogen and oxygen atoms in total. The van der Waals surface area contributed by atoms with Gasteiger partial charge >= 0.3 is 0 Å². The second-order valence-corrected chi connectivity index (χ2v) is 14.9. The average Bonchev–Trinajstić information content (AvgIpc) is 3.46. The number of methoxy groups -OCH3 is 1. The first-order valence-corrected chi connectivity index (χ1v) is 17.9. The molecule has 3 aromatic carbocycles. The van der Waals surface area contributed by atoms with E-state index >= 15 is 4.79 Å². The fraction of sp³-hybridized carbons (Fsp3) is 0.333. The van der Waals surface area contributed by atoms with Crippen LogP contribution in [0.3, 0.4) is 0 Å². The van der Waals surface area contributed by atoms with Crippen LogP contribution in [0.1, 0.15) is 43.2 Å². The first-order chi connectivity index (χ1) is 23.4. The second kappa shape index (κ2) is 12.5. The third-order valence-electron chi connectivity index (χ3n) is 10.5. The fourth-order valence-electron chi connectivity index (χ4n) is 8.49. The van der Waals surface area contributed by atoms with Gasteiger partial charge in [-0.2, -0.15) is 5.01 Å². The number of fused-ring (bicyclic) bond motifs is 4. The zero-order chi connectivity index (χ0) is 34.9. The van der Waals surface area contributed by atoms with Crippen LogP contribution in [-0.4, -0.2) is 52.3 Å². The summed E-state index contributed by atoms with van der Waals surface area (Å²) in [4.78, 5) is 58.9. The summed E-state index contributed by atoms with van der Waals surface area (Å²) in [6.45, 7) is 2.21. The van der Waals surface area contributed by atoms with Gasteiger partial charge in [-0.25, -0.2) is 4.39 Å². The molecule has 0 aromatic heterocycles. The largest absolute Gasteiger partial charge is 0.503 e. The summed E-state index contributed by atoms with van der Waals surface area (Å²) in [6.07, 6.45) is 2.97. The van der Waals surface area contributed by atoms with E-state index in [9.17, 15) is 23.9 Å². The van der Waals surface area contributed by atoms with Gasteiger partial charge in [0.05, 0.1) is 40.4 Å². The molecule has 254 valence electrons. The number of allylic oxidation sites excluding steroid dienone is 2. The number of halogens is 4. The number of hydrazine groups is 1. The Hall–Kier alpha value is -3.74. The normalized spacial score (nSPS) is 27.6. The number of hydrogen-bond acceptors (Lipinski definition) is 7. The number of phenols is 1. The predicted octanol–water partition coefficient (Wildman–Crippen LogP) is 7.11. The van der Waals surface area contributed by atoms with Gasteiger partial charge in [0.15, 0.2) is 11.5 Å². The zero-order valence-corrected chi connectivity index (χ0v) is 30.3. The number of nitrogens with one attached hydrogen (secondary N) is 1. The number of benzene rings is 3. The first kappa shape index (κ1) is 33.7. The number of rotatable bonds is 7. The maximum absolute atomic E-state index is 15.3. The van der Waals surface area contributed by atoms with E-state index in [1.165, 1.54) is 36.3 Å². The van der Waals surface area contributed by atoms with Gasteiger partial charge in [-0.1, -0.05) is 42.3 Å². The molecule has 0 radical (unpaired) electrons. The third kappa shape index (κ3) is 4.96. The van der Waals surface area contributed by atoms with Gasteiger partial charge < -0.3 is 9.84 Å². The van der Waals surface area contributed by atoms with Crippen molar-refractivity contribution in [2.75, 3.05) is 19.1 Å². The van der Waals surface area contributed by atoms with Crippen molar-refractivity contribution >= 4 is 72.8 Å². The summed E-state index contributed by atoms with van der Waals surface area (Å²) in [5.41, 5.74) is 3.47. The van der Waals surface area contributed by atoms with E-state index in [2.05, 4.69) is 37.3 Å². The number of carbonyl (C=O) groups excluding carboxylic acids is 4. The highest BCUT2D eigenvalue weighted by Gasteiger charge is 2.70. The molecule has 4 amide bonds. The smallest absolute Gasteiger partial charge is 0.260 e. The molecule has 4 aliphatic rings. The highest BCUT2D eigenvalue weighted by molar-refractivity contribution is 9.13. The van der Waals surface area contributed by atoms with Crippen molar-refractivity contribution in [3.05, 3.63) is 97.2 Å². The minimum absolute atomic E-state index is 0.116. The molecular formula is C36H31Br2ClFN3O6. The monoisotopic (exact) mass is 813 g/mol. The lowest BCUT2D eigenvalue weighted by Gasteiger charge is -2.51. The fourth-order valence-corrected chi connectivity index (χ4v) is 9.57.